The number of rotatable bonds is 16. The molecule has 0 aromatic rings. The maximum Gasteiger partial charge on any atom is 0.325 e. The molecule has 208 valence electrons. The first-order chi connectivity index (χ1) is 17.5. The van der Waals surface area contributed by atoms with Gasteiger partial charge in [-0.3, -0.25) is 38.4 Å². The van der Waals surface area contributed by atoms with Gasteiger partial charge in [-0.05, 0) is 6.92 Å². The predicted molar refractivity (Wildman–Crippen MR) is 124 cm³/mol. The molecule has 0 aliphatic rings. The Kier molecular flexibility index (Phi) is 16.0. The van der Waals surface area contributed by atoms with Crippen LogP contribution < -0.4 is 27.0 Å². The summed E-state index contributed by atoms with van der Waals surface area (Å²) in [5, 5.41) is 9.12. The number of nitrogens with zero attached hydrogens (tertiary/aromatic N) is 2. The molecule has 0 spiro atoms. The summed E-state index contributed by atoms with van der Waals surface area (Å²) in [7, 11) is 2.19. The third kappa shape index (κ3) is 14.7. The average molecular weight is 532 g/mol. The fourth-order valence-electron chi connectivity index (χ4n) is 2.45. The van der Waals surface area contributed by atoms with Crippen LogP contribution in [0.5, 0.6) is 0 Å². The maximum atomic E-state index is 12.4. The zero-order chi connectivity index (χ0) is 28.4. The Balaban J connectivity index is 4.85. The number of hydrogen-bond acceptors (Lipinski definition) is 11. The lowest BCUT2D eigenvalue weighted by atomic mass is 10.3. The molecule has 0 fully saturated rings. The van der Waals surface area contributed by atoms with Gasteiger partial charge in [0.05, 0.1) is 40.4 Å². The van der Waals surface area contributed by atoms with E-state index in [0.717, 1.165) is 24.0 Å². The molecule has 0 heterocycles. The number of methoxy groups -OCH3 is 2. The molecular weight excluding hydrogens is 498 g/mol. The number of esters is 2. The number of nitrogens with two attached hydrogens (primary N) is 1. The lowest BCUT2D eigenvalue weighted by Gasteiger charge is -2.21. The van der Waals surface area contributed by atoms with Crippen LogP contribution in [0, 0.1) is 0 Å². The average Bonchev–Trinajstić information content (AvgIpc) is 2.87. The van der Waals surface area contributed by atoms with Gasteiger partial charge in [-0.2, -0.15) is 0 Å². The molecule has 0 atom stereocenters. The number of carbonyl (C=O) groups excluding carboxylic acids is 8. The Bertz CT molecular complexity index is 864. The van der Waals surface area contributed by atoms with Crippen molar-refractivity contribution in [3.63, 3.8) is 0 Å². The molecule has 17 nitrogen and oxygen atoms in total. The molecule has 0 radical (unpaired) electrons. The molecule has 0 rings (SSSR count). The van der Waals surface area contributed by atoms with Crippen molar-refractivity contribution < 1.29 is 47.8 Å². The van der Waals surface area contributed by atoms with Crippen molar-refractivity contribution in [2.45, 2.75) is 6.92 Å². The highest BCUT2D eigenvalue weighted by Crippen LogP contribution is 1.94. The van der Waals surface area contributed by atoms with Crippen LogP contribution in [0.4, 0.5) is 0 Å². The summed E-state index contributed by atoms with van der Waals surface area (Å²) in [6.07, 6.45) is 0. The number of likely N-dealkylation sites (N-methyl/N-ethyl adjacent to an activating group) is 1. The zero-order valence-corrected chi connectivity index (χ0v) is 20.9. The first kappa shape index (κ1) is 32.7. The van der Waals surface area contributed by atoms with Crippen LogP contribution in [-0.4, -0.2) is 130 Å². The van der Waals surface area contributed by atoms with Gasteiger partial charge in [0, 0.05) is 6.54 Å². The lowest BCUT2D eigenvalue weighted by Crippen LogP contribution is -2.50. The predicted octanol–water partition coefficient (Wildman–Crippen LogP) is -5.57. The molecule has 0 bridgehead atoms. The highest BCUT2D eigenvalue weighted by molar-refractivity contribution is 5.93. The molecular formula is C20H33N7O10. The highest BCUT2D eigenvalue weighted by Gasteiger charge is 2.23. The van der Waals surface area contributed by atoms with Crippen molar-refractivity contribution in [2.24, 2.45) is 5.73 Å². The third-order valence-electron chi connectivity index (χ3n) is 4.35. The second kappa shape index (κ2) is 18.1. The van der Waals surface area contributed by atoms with Crippen LogP contribution in [-0.2, 0) is 47.8 Å². The Morgan fingerprint density at radius 1 is 0.595 bits per heavy atom. The van der Waals surface area contributed by atoms with Gasteiger partial charge in [-0.15, -0.1) is 0 Å². The van der Waals surface area contributed by atoms with Crippen molar-refractivity contribution in [1.82, 2.24) is 31.1 Å². The van der Waals surface area contributed by atoms with Crippen LogP contribution in [0.2, 0.25) is 0 Å². The van der Waals surface area contributed by atoms with Gasteiger partial charge in [0.15, 0.2) is 0 Å². The summed E-state index contributed by atoms with van der Waals surface area (Å²) in [5.41, 5.74) is 5.13. The molecule has 6 amide bonds. The molecule has 0 aliphatic carbocycles. The third-order valence-corrected chi connectivity index (χ3v) is 4.35. The van der Waals surface area contributed by atoms with E-state index >= 15 is 0 Å². The summed E-state index contributed by atoms with van der Waals surface area (Å²) in [6.45, 7) is -2.29. The molecule has 0 unspecified atom stereocenters. The maximum absolute atomic E-state index is 12.4. The van der Waals surface area contributed by atoms with Crippen LogP contribution in [0.1, 0.15) is 6.92 Å². The standard InChI is InChI=1S/C20H33N7O10/c1-4-22-15(30)9-26(11-19(34)36-2)18(33)8-25-14(29)6-23-16(31)10-27(12-20(35)37-3)17(32)7-24-13(28)5-21/h4-12,21H2,1-3H3,(H,22,30)(H,23,31)(H,24,28)(H,25,29). The molecule has 6 N–H and O–H groups in total. The normalized spacial score (nSPS) is 9.84. The summed E-state index contributed by atoms with van der Waals surface area (Å²) >= 11 is 0. The fourth-order valence-corrected chi connectivity index (χ4v) is 2.45. The minimum Gasteiger partial charge on any atom is -0.468 e. The molecule has 0 saturated carbocycles. The van der Waals surface area contributed by atoms with E-state index in [1.807, 2.05) is 0 Å². The van der Waals surface area contributed by atoms with Crippen molar-refractivity contribution in [2.75, 3.05) is 73.1 Å². The number of hydrogen-bond donors (Lipinski definition) is 5. The Morgan fingerprint density at radius 2 is 1.00 bits per heavy atom. The summed E-state index contributed by atoms with van der Waals surface area (Å²) in [4.78, 5) is 96.6. The highest BCUT2D eigenvalue weighted by atomic mass is 16.5. The smallest absolute Gasteiger partial charge is 0.325 e. The Morgan fingerprint density at radius 3 is 1.41 bits per heavy atom. The van der Waals surface area contributed by atoms with E-state index in [9.17, 15) is 38.4 Å². The Hall–Kier alpha value is -4.28. The van der Waals surface area contributed by atoms with Crippen molar-refractivity contribution in [3.05, 3.63) is 0 Å². The first-order valence-electron chi connectivity index (χ1n) is 10.9. The summed E-state index contributed by atoms with van der Waals surface area (Å²) in [5.74, 6) is -5.91. The van der Waals surface area contributed by atoms with E-state index in [1.54, 1.807) is 6.92 Å². The van der Waals surface area contributed by atoms with Crippen LogP contribution >= 0.6 is 0 Å². The minimum atomic E-state index is -0.827. The van der Waals surface area contributed by atoms with Crippen LogP contribution in [0.25, 0.3) is 0 Å². The van der Waals surface area contributed by atoms with Gasteiger partial charge in [-0.25, -0.2) is 0 Å². The molecule has 0 aromatic carbocycles. The zero-order valence-electron chi connectivity index (χ0n) is 20.9. The first-order valence-corrected chi connectivity index (χ1v) is 10.9. The van der Waals surface area contributed by atoms with Gasteiger partial charge in [0.2, 0.25) is 35.4 Å². The monoisotopic (exact) mass is 531 g/mol. The number of nitrogens with one attached hydrogen (secondary N) is 4. The van der Waals surface area contributed by atoms with Crippen molar-refractivity contribution in [1.29, 1.82) is 0 Å². The topological polar surface area (TPSA) is 236 Å². The van der Waals surface area contributed by atoms with E-state index in [2.05, 4.69) is 30.7 Å². The minimum absolute atomic E-state index is 0.306. The molecule has 0 aromatic heterocycles. The number of ether oxygens (including phenoxy) is 2. The molecule has 37 heavy (non-hydrogen) atoms. The lowest BCUT2D eigenvalue weighted by molar-refractivity contribution is -0.148. The van der Waals surface area contributed by atoms with E-state index in [-0.39, 0.29) is 6.54 Å². The second-order valence-electron chi connectivity index (χ2n) is 7.14. The molecule has 17 heteroatoms. The van der Waals surface area contributed by atoms with Crippen LogP contribution in [0.3, 0.4) is 0 Å². The van der Waals surface area contributed by atoms with Gasteiger partial charge in [-0.1, -0.05) is 0 Å². The van der Waals surface area contributed by atoms with Gasteiger partial charge in [0.1, 0.15) is 26.2 Å². The number of amides is 6. The van der Waals surface area contributed by atoms with Crippen molar-refractivity contribution >= 4 is 47.4 Å². The van der Waals surface area contributed by atoms with Gasteiger partial charge < -0.3 is 46.3 Å². The largest absolute Gasteiger partial charge is 0.468 e. The van der Waals surface area contributed by atoms with Crippen LogP contribution in [0.15, 0.2) is 0 Å². The quantitative estimate of drug-likeness (QED) is 0.118. The van der Waals surface area contributed by atoms with E-state index in [0.29, 0.717) is 6.54 Å². The van der Waals surface area contributed by atoms with E-state index in [1.165, 1.54) is 0 Å². The molecule has 0 aliphatic heterocycles. The van der Waals surface area contributed by atoms with Gasteiger partial charge in [0.25, 0.3) is 0 Å². The summed E-state index contributed by atoms with van der Waals surface area (Å²) in [6, 6.07) is 0. The fraction of sp³-hybridized carbons (Fsp3) is 0.600. The molecule has 0 saturated heterocycles. The van der Waals surface area contributed by atoms with E-state index < -0.39 is 93.2 Å². The number of carbonyl (C=O) groups is 8. The SMILES string of the molecule is CCNC(=O)CN(CC(=O)OC)C(=O)CNC(=O)CNC(=O)CN(CC(=O)OC)C(=O)CNC(=O)CN. The Labute approximate surface area is 212 Å². The van der Waals surface area contributed by atoms with Gasteiger partial charge >= 0.3 is 11.9 Å². The van der Waals surface area contributed by atoms with Crippen molar-refractivity contribution in [3.8, 4) is 0 Å². The summed E-state index contributed by atoms with van der Waals surface area (Å²) < 4.78 is 8.97. The van der Waals surface area contributed by atoms with E-state index in [4.69, 9.17) is 5.73 Å². The second-order valence-corrected chi connectivity index (χ2v) is 7.14.